The van der Waals surface area contributed by atoms with Gasteiger partial charge in [-0.3, -0.25) is 4.79 Å². The molecule has 0 aliphatic heterocycles. The van der Waals surface area contributed by atoms with E-state index >= 15 is 0 Å². The zero-order valence-corrected chi connectivity index (χ0v) is 10.3. The molecule has 0 bridgehead atoms. The largest absolute Gasteiger partial charge is 0.481 e. The number of nitrogens with one attached hydrogen (secondary N) is 2. The highest BCUT2D eigenvalue weighted by Gasteiger charge is 2.01. The molecule has 1 aromatic rings. The van der Waals surface area contributed by atoms with Crippen molar-refractivity contribution >= 4 is 23.3 Å². The zero-order valence-electron chi connectivity index (χ0n) is 9.44. The Morgan fingerprint density at radius 1 is 1.29 bits per heavy atom. The van der Waals surface area contributed by atoms with E-state index in [9.17, 15) is 9.59 Å². The number of aliphatic carboxylic acids is 1. The van der Waals surface area contributed by atoms with Crippen LogP contribution in [0.3, 0.4) is 0 Å². The van der Waals surface area contributed by atoms with E-state index in [1.54, 1.807) is 11.3 Å². The molecule has 0 aliphatic rings. The van der Waals surface area contributed by atoms with Gasteiger partial charge in [-0.05, 0) is 24.3 Å². The highest BCUT2D eigenvalue weighted by Crippen LogP contribution is 2.07. The number of urea groups is 1. The predicted octanol–water partition coefficient (Wildman–Crippen LogP) is 1.45. The van der Waals surface area contributed by atoms with E-state index in [4.69, 9.17) is 5.11 Å². The summed E-state index contributed by atoms with van der Waals surface area (Å²) in [5.74, 6) is -0.843. The van der Waals surface area contributed by atoms with Gasteiger partial charge in [0.15, 0.2) is 0 Å². The number of carboxylic acids is 1. The summed E-state index contributed by atoms with van der Waals surface area (Å²) in [5.41, 5.74) is 0. The third-order valence-electron chi connectivity index (χ3n) is 2.09. The Morgan fingerprint density at radius 2 is 2.06 bits per heavy atom. The smallest absolute Gasteiger partial charge is 0.314 e. The molecule has 2 amide bonds. The number of carbonyl (C=O) groups is 2. The van der Waals surface area contributed by atoms with Crippen molar-refractivity contribution in [3.05, 3.63) is 22.4 Å². The number of amides is 2. The van der Waals surface area contributed by atoms with Crippen LogP contribution < -0.4 is 10.6 Å². The third kappa shape index (κ3) is 6.57. The molecule has 0 saturated carbocycles. The summed E-state index contributed by atoms with van der Waals surface area (Å²) < 4.78 is 0. The van der Waals surface area contributed by atoms with E-state index in [-0.39, 0.29) is 12.5 Å². The maximum atomic E-state index is 11.2. The number of carboxylic acid groups (broad SMARTS) is 1. The lowest BCUT2D eigenvalue weighted by atomic mass is 10.3. The molecule has 0 atom stereocenters. The van der Waals surface area contributed by atoms with Crippen LogP contribution in [0.25, 0.3) is 0 Å². The normalized spacial score (nSPS) is 9.88. The molecule has 0 saturated heterocycles. The average molecular weight is 256 g/mol. The fourth-order valence-electron chi connectivity index (χ4n) is 1.26. The molecule has 3 N–H and O–H groups in total. The van der Waals surface area contributed by atoms with Gasteiger partial charge in [0.05, 0.1) is 0 Å². The van der Waals surface area contributed by atoms with Crippen molar-refractivity contribution in [2.75, 3.05) is 13.1 Å². The quantitative estimate of drug-likeness (QED) is 0.646. The van der Waals surface area contributed by atoms with Crippen molar-refractivity contribution in [2.45, 2.75) is 19.3 Å². The monoisotopic (exact) mass is 256 g/mol. The van der Waals surface area contributed by atoms with Crippen LogP contribution in [0.1, 0.15) is 17.7 Å². The zero-order chi connectivity index (χ0) is 12.5. The molecule has 0 fully saturated rings. The number of rotatable bonds is 7. The fraction of sp³-hybridized carbons (Fsp3) is 0.455. The van der Waals surface area contributed by atoms with E-state index in [1.165, 1.54) is 4.88 Å². The fourth-order valence-corrected chi connectivity index (χ4v) is 1.97. The molecule has 94 valence electrons. The van der Waals surface area contributed by atoms with Crippen LogP contribution >= 0.6 is 11.3 Å². The molecule has 0 spiro atoms. The number of thiophene rings is 1. The molecule has 0 radical (unpaired) electrons. The summed E-state index contributed by atoms with van der Waals surface area (Å²) in [4.78, 5) is 22.7. The van der Waals surface area contributed by atoms with Crippen LogP contribution in [-0.4, -0.2) is 30.2 Å². The lowest BCUT2D eigenvalue weighted by Gasteiger charge is -2.06. The lowest BCUT2D eigenvalue weighted by molar-refractivity contribution is -0.137. The Bertz CT molecular complexity index is 352. The van der Waals surface area contributed by atoms with Crippen LogP contribution in [0.2, 0.25) is 0 Å². The van der Waals surface area contributed by atoms with Crippen LogP contribution in [0.4, 0.5) is 4.79 Å². The van der Waals surface area contributed by atoms with Crippen molar-refractivity contribution in [1.29, 1.82) is 0 Å². The van der Waals surface area contributed by atoms with Gasteiger partial charge in [-0.2, -0.15) is 0 Å². The maximum absolute atomic E-state index is 11.2. The van der Waals surface area contributed by atoms with Gasteiger partial charge in [-0.1, -0.05) is 6.07 Å². The van der Waals surface area contributed by atoms with Gasteiger partial charge in [-0.15, -0.1) is 11.3 Å². The minimum atomic E-state index is -0.843. The van der Waals surface area contributed by atoms with Gasteiger partial charge in [0, 0.05) is 24.4 Å². The highest BCUT2D eigenvalue weighted by atomic mass is 32.1. The van der Waals surface area contributed by atoms with Crippen molar-refractivity contribution in [3.63, 3.8) is 0 Å². The SMILES string of the molecule is O=C(O)CCCNC(=O)NCCc1cccs1. The molecular weight excluding hydrogens is 240 g/mol. The first-order valence-electron chi connectivity index (χ1n) is 5.44. The number of carbonyl (C=O) groups excluding carboxylic acids is 1. The van der Waals surface area contributed by atoms with E-state index < -0.39 is 5.97 Å². The molecule has 0 aromatic carbocycles. The Labute approximate surface area is 104 Å². The van der Waals surface area contributed by atoms with Crippen LogP contribution in [0.5, 0.6) is 0 Å². The molecule has 0 aliphatic carbocycles. The minimum Gasteiger partial charge on any atom is -0.481 e. The van der Waals surface area contributed by atoms with Crippen molar-refractivity contribution in [2.24, 2.45) is 0 Å². The minimum absolute atomic E-state index is 0.0788. The number of hydrogen-bond donors (Lipinski definition) is 3. The van der Waals surface area contributed by atoms with Crippen LogP contribution in [0, 0.1) is 0 Å². The summed E-state index contributed by atoms with van der Waals surface area (Å²) in [6, 6.07) is 3.76. The van der Waals surface area contributed by atoms with Gasteiger partial charge in [-0.25, -0.2) is 4.79 Å². The van der Waals surface area contributed by atoms with Crippen molar-refractivity contribution in [1.82, 2.24) is 10.6 Å². The standard InChI is InChI=1S/C11H16N2O3S/c14-10(15)4-1-6-12-11(16)13-7-5-9-3-2-8-17-9/h2-3,8H,1,4-7H2,(H,14,15)(H2,12,13,16). The molecular formula is C11H16N2O3S. The highest BCUT2D eigenvalue weighted by molar-refractivity contribution is 7.09. The average Bonchev–Trinajstić information content (AvgIpc) is 2.77. The van der Waals surface area contributed by atoms with Crippen LogP contribution in [0.15, 0.2) is 17.5 Å². The van der Waals surface area contributed by atoms with E-state index in [0.717, 1.165) is 6.42 Å². The van der Waals surface area contributed by atoms with Gasteiger partial charge in [0.1, 0.15) is 0 Å². The van der Waals surface area contributed by atoms with Crippen LogP contribution in [-0.2, 0) is 11.2 Å². The number of hydrogen-bond acceptors (Lipinski definition) is 3. The van der Waals surface area contributed by atoms with E-state index in [1.807, 2.05) is 17.5 Å². The molecule has 1 aromatic heterocycles. The third-order valence-corrected chi connectivity index (χ3v) is 3.03. The molecule has 1 heterocycles. The maximum Gasteiger partial charge on any atom is 0.314 e. The first-order valence-corrected chi connectivity index (χ1v) is 6.32. The Kier molecular flexibility index (Phi) is 6.09. The van der Waals surface area contributed by atoms with Gasteiger partial charge in [0.25, 0.3) is 0 Å². The summed E-state index contributed by atoms with van der Waals surface area (Å²) in [6.07, 6.45) is 1.35. The Balaban J connectivity index is 1.99. The van der Waals surface area contributed by atoms with Gasteiger partial charge >= 0.3 is 12.0 Å². The second-order valence-electron chi connectivity index (χ2n) is 3.51. The van der Waals surface area contributed by atoms with E-state index in [2.05, 4.69) is 10.6 Å². The summed E-state index contributed by atoms with van der Waals surface area (Å²) in [6.45, 7) is 0.975. The topological polar surface area (TPSA) is 78.4 Å². The van der Waals surface area contributed by atoms with E-state index in [0.29, 0.717) is 19.5 Å². The predicted molar refractivity (Wildman–Crippen MR) is 66.3 cm³/mol. The summed E-state index contributed by atoms with van der Waals surface area (Å²) in [7, 11) is 0. The summed E-state index contributed by atoms with van der Waals surface area (Å²) >= 11 is 1.66. The lowest BCUT2D eigenvalue weighted by Crippen LogP contribution is -2.37. The Morgan fingerprint density at radius 3 is 2.71 bits per heavy atom. The molecule has 17 heavy (non-hydrogen) atoms. The van der Waals surface area contributed by atoms with Crippen molar-refractivity contribution < 1.29 is 14.7 Å². The van der Waals surface area contributed by atoms with Gasteiger partial charge < -0.3 is 15.7 Å². The summed E-state index contributed by atoms with van der Waals surface area (Å²) in [5, 5.41) is 15.7. The second-order valence-corrected chi connectivity index (χ2v) is 4.54. The molecule has 1 rings (SSSR count). The molecule has 6 heteroatoms. The molecule has 5 nitrogen and oxygen atoms in total. The second kappa shape index (κ2) is 7.67. The Hall–Kier alpha value is -1.56. The first-order chi connectivity index (χ1) is 8.18. The van der Waals surface area contributed by atoms with Gasteiger partial charge in [0.2, 0.25) is 0 Å². The molecule has 0 unspecified atom stereocenters. The first kappa shape index (κ1) is 13.5. The van der Waals surface area contributed by atoms with Crippen molar-refractivity contribution in [3.8, 4) is 0 Å².